The quantitative estimate of drug-likeness (QED) is 0.748. The van der Waals surface area contributed by atoms with Crippen LogP contribution in [0.5, 0.6) is 0 Å². The number of nitrogens with zero attached hydrogens (tertiary/aromatic N) is 3. The predicted octanol–water partition coefficient (Wildman–Crippen LogP) is 0.778. The molecule has 3 rings (SSSR count). The van der Waals surface area contributed by atoms with Crippen molar-refractivity contribution in [3.05, 3.63) is 22.3 Å². The molecule has 1 fully saturated rings. The number of pyridine rings is 1. The lowest BCUT2D eigenvalue weighted by Crippen LogP contribution is -2.48. The molecule has 2 aliphatic rings. The molecule has 0 aliphatic carbocycles. The Morgan fingerprint density at radius 3 is 2.70 bits per heavy atom. The van der Waals surface area contributed by atoms with Gasteiger partial charge in [0.15, 0.2) is 0 Å². The fourth-order valence-corrected chi connectivity index (χ4v) is 2.73. The first-order valence-electron chi connectivity index (χ1n) is 6.26. The van der Waals surface area contributed by atoms with Crippen LogP contribution in [-0.2, 0) is 6.54 Å². The van der Waals surface area contributed by atoms with Gasteiger partial charge in [-0.15, -0.1) is 0 Å². The van der Waals surface area contributed by atoms with Crippen LogP contribution in [0.2, 0.25) is 5.15 Å². The van der Waals surface area contributed by atoms with Gasteiger partial charge in [0.05, 0.1) is 5.56 Å². The molecule has 2 amide bonds. The summed E-state index contributed by atoms with van der Waals surface area (Å²) >= 11 is 5.97. The fourth-order valence-electron chi connectivity index (χ4n) is 2.54. The molecule has 1 aromatic rings. The molecule has 20 heavy (non-hydrogen) atoms. The molecule has 0 saturated carbocycles. The van der Waals surface area contributed by atoms with Gasteiger partial charge in [0.2, 0.25) is 0 Å². The number of amides is 2. The van der Waals surface area contributed by atoms with E-state index in [0.717, 1.165) is 5.56 Å². The standard InChI is InChI=1S/C12H13ClN4O3/c13-9-5-7-8(6-14-11(7)18)10(15-9)16-1-3-17(4-2-16)12(19)20/h5H,1-4,6H2,(H,14,18)(H,19,20). The smallest absolute Gasteiger partial charge is 0.407 e. The number of halogens is 1. The fraction of sp³-hybridized carbons (Fsp3) is 0.417. The molecule has 0 bridgehead atoms. The summed E-state index contributed by atoms with van der Waals surface area (Å²) in [6, 6.07) is 1.57. The second-order valence-electron chi connectivity index (χ2n) is 4.73. The molecule has 0 spiro atoms. The Hall–Kier alpha value is -2.02. The van der Waals surface area contributed by atoms with Crippen molar-refractivity contribution in [3.63, 3.8) is 0 Å². The SMILES string of the molecule is O=C1NCc2c1cc(Cl)nc2N1CCN(C(=O)O)CC1. The number of rotatable bonds is 1. The van der Waals surface area contributed by atoms with Gasteiger partial charge < -0.3 is 20.2 Å². The first-order valence-corrected chi connectivity index (χ1v) is 6.64. The van der Waals surface area contributed by atoms with Crippen molar-refractivity contribution in [1.29, 1.82) is 0 Å². The van der Waals surface area contributed by atoms with Crippen molar-refractivity contribution in [2.45, 2.75) is 6.54 Å². The Balaban J connectivity index is 1.87. The summed E-state index contributed by atoms with van der Waals surface area (Å²) in [4.78, 5) is 30.2. The number of hydrogen-bond acceptors (Lipinski definition) is 4. The normalized spacial score (nSPS) is 17.9. The third-order valence-electron chi connectivity index (χ3n) is 3.59. The molecule has 0 aromatic carbocycles. The van der Waals surface area contributed by atoms with E-state index in [1.807, 2.05) is 4.90 Å². The molecular formula is C12H13ClN4O3. The molecule has 3 heterocycles. The predicted molar refractivity (Wildman–Crippen MR) is 72.2 cm³/mol. The maximum Gasteiger partial charge on any atom is 0.407 e. The van der Waals surface area contributed by atoms with Crippen molar-refractivity contribution in [1.82, 2.24) is 15.2 Å². The number of nitrogens with one attached hydrogen (secondary N) is 1. The summed E-state index contributed by atoms with van der Waals surface area (Å²) in [5.74, 6) is 0.533. The molecule has 2 aliphatic heterocycles. The summed E-state index contributed by atoms with van der Waals surface area (Å²) in [5, 5.41) is 12.0. The number of aromatic nitrogens is 1. The highest BCUT2D eigenvalue weighted by molar-refractivity contribution is 6.30. The average molecular weight is 297 g/mol. The minimum Gasteiger partial charge on any atom is -0.465 e. The summed E-state index contributed by atoms with van der Waals surface area (Å²) in [6.07, 6.45) is -0.911. The van der Waals surface area contributed by atoms with E-state index < -0.39 is 6.09 Å². The van der Waals surface area contributed by atoms with Crippen molar-refractivity contribution >= 4 is 29.4 Å². The van der Waals surface area contributed by atoms with Gasteiger partial charge in [0, 0.05) is 38.3 Å². The molecule has 1 saturated heterocycles. The Kier molecular flexibility index (Phi) is 3.13. The van der Waals surface area contributed by atoms with Crippen LogP contribution < -0.4 is 10.2 Å². The van der Waals surface area contributed by atoms with E-state index in [-0.39, 0.29) is 11.1 Å². The topological polar surface area (TPSA) is 85.8 Å². The zero-order chi connectivity index (χ0) is 14.3. The summed E-state index contributed by atoms with van der Waals surface area (Å²) < 4.78 is 0. The Morgan fingerprint density at radius 1 is 1.35 bits per heavy atom. The molecular weight excluding hydrogens is 284 g/mol. The second-order valence-corrected chi connectivity index (χ2v) is 5.12. The third kappa shape index (κ3) is 2.14. The average Bonchev–Trinajstić information content (AvgIpc) is 2.80. The molecule has 0 radical (unpaired) electrons. The van der Waals surface area contributed by atoms with Crippen LogP contribution in [0.4, 0.5) is 10.6 Å². The van der Waals surface area contributed by atoms with Gasteiger partial charge in [-0.3, -0.25) is 4.79 Å². The Bertz CT molecular complexity index is 584. The highest BCUT2D eigenvalue weighted by Gasteiger charge is 2.28. The lowest BCUT2D eigenvalue weighted by Gasteiger charge is -2.34. The Labute approximate surface area is 120 Å². The number of carbonyl (C=O) groups excluding carboxylic acids is 1. The molecule has 1 aromatic heterocycles. The zero-order valence-electron chi connectivity index (χ0n) is 10.6. The van der Waals surface area contributed by atoms with Gasteiger partial charge in [-0.1, -0.05) is 11.6 Å². The van der Waals surface area contributed by atoms with E-state index in [2.05, 4.69) is 10.3 Å². The monoisotopic (exact) mass is 296 g/mol. The minimum absolute atomic E-state index is 0.144. The van der Waals surface area contributed by atoms with Gasteiger partial charge >= 0.3 is 6.09 Å². The maximum atomic E-state index is 11.7. The summed E-state index contributed by atoms with van der Waals surface area (Å²) in [7, 11) is 0. The molecule has 0 atom stereocenters. The van der Waals surface area contributed by atoms with E-state index in [1.54, 1.807) is 6.07 Å². The number of anilines is 1. The van der Waals surface area contributed by atoms with Crippen molar-refractivity contribution in [2.24, 2.45) is 0 Å². The number of carbonyl (C=O) groups is 2. The lowest BCUT2D eigenvalue weighted by molar-refractivity contribution is 0.0965. The van der Waals surface area contributed by atoms with Crippen LogP contribution in [0.15, 0.2) is 6.07 Å². The van der Waals surface area contributed by atoms with E-state index in [0.29, 0.717) is 44.1 Å². The highest BCUT2D eigenvalue weighted by atomic mass is 35.5. The van der Waals surface area contributed by atoms with Crippen molar-refractivity contribution < 1.29 is 14.7 Å². The first kappa shape index (κ1) is 13.0. The summed E-state index contributed by atoms with van der Waals surface area (Å²) in [6.45, 7) is 2.35. The summed E-state index contributed by atoms with van der Waals surface area (Å²) in [5.41, 5.74) is 1.39. The Morgan fingerprint density at radius 2 is 2.05 bits per heavy atom. The number of carboxylic acid groups (broad SMARTS) is 1. The van der Waals surface area contributed by atoms with Crippen LogP contribution in [0, 0.1) is 0 Å². The van der Waals surface area contributed by atoms with E-state index in [9.17, 15) is 9.59 Å². The van der Waals surface area contributed by atoms with Crippen molar-refractivity contribution in [3.8, 4) is 0 Å². The van der Waals surface area contributed by atoms with E-state index in [1.165, 1.54) is 4.90 Å². The molecule has 106 valence electrons. The van der Waals surface area contributed by atoms with Gasteiger partial charge in [0.1, 0.15) is 11.0 Å². The number of piperazine rings is 1. The van der Waals surface area contributed by atoms with E-state index >= 15 is 0 Å². The minimum atomic E-state index is -0.911. The molecule has 8 heteroatoms. The highest BCUT2D eigenvalue weighted by Crippen LogP contribution is 2.29. The number of fused-ring (bicyclic) bond motifs is 1. The van der Waals surface area contributed by atoms with Crippen LogP contribution in [0.3, 0.4) is 0 Å². The third-order valence-corrected chi connectivity index (χ3v) is 3.78. The molecule has 2 N–H and O–H groups in total. The first-order chi connectivity index (χ1) is 9.56. The lowest BCUT2D eigenvalue weighted by atomic mass is 10.1. The second kappa shape index (κ2) is 4.82. The van der Waals surface area contributed by atoms with Crippen LogP contribution in [-0.4, -0.2) is 53.2 Å². The van der Waals surface area contributed by atoms with Crippen molar-refractivity contribution in [2.75, 3.05) is 31.1 Å². The van der Waals surface area contributed by atoms with Crippen LogP contribution in [0.1, 0.15) is 15.9 Å². The van der Waals surface area contributed by atoms with Gasteiger partial charge in [-0.05, 0) is 6.07 Å². The maximum absolute atomic E-state index is 11.7. The van der Waals surface area contributed by atoms with Gasteiger partial charge in [-0.2, -0.15) is 0 Å². The van der Waals surface area contributed by atoms with Gasteiger partial charge in [-0.25, -0.2) is 9.78 Å². The van der Waals surface area contributed by atoms with Crippen LogP contribution >= 0.6 is 11.6 Å². The van der Waals surface area contributed by atoms with Crippen LogP contribution in [0.25, 0.3) is 0 Å². The number of hydrogen-bond donors (Lipinski definition) is 2. The molecule has 7 nitrogen and oxygen atoms in total. The van der Waals surface area contributed by atoms with Gasteiger partial charge in [0.25, 0.3) is 5.91 Å². The zero-order valence-corrected chi connectivity index (χ0v) is 11.4. The van der Waals surface area contributed by atoms with E-state index in [4.69, 9.17) is 16.7 Å². The molecule has 0 unspecified atom stereocenters. The largest absolute Gasteiger partial charge is 0.465 e.